The van der Waals surface area contributed by atoms with E-state index in [-0.39, 0.29) is 12.6 Å². The van der Waals surface area contributed by atoms with Gasteiger partial charge in [0.25, 0.3) is 0 Å². The van der Waals surface area contributed by atoms with Gasteiger partial charge in [0.05, 0.1) is 12.2 Å². The predicted molar refractivity (Wildman–Crippen MR) is 104 cm³/mol. The SMILES string of the molecule is CN=C(NCC(=O)Nc1ccc(F)c(F)c1F)NC(C)CCc1ccccc1. The summed E-state index contributed by atoms with van der Waals surface area (Å²) in [7, 11) is 1.56. The molecule has 0 radical (unpaired) electrons. The van der Waals surface area contributed by atoms with Crippen molar-refractivity contribution in [3.8, 4) is 0 Å². The van der Waals surface area contributed by atoms with Crippen molar-refractivity contribution in [2.75, 3.05) is 18.9 Å². The number of benzene rings is 2. The number of nitrogens with zero attached hydrogens (tertiary/aromatic N) is 1. The molecular formula is C20H23F3N4O. The van der Waals surface area contributed by atoms with E-state index in [0.717, 1.165) is 25.0 Å². The Hall–Kier alpha value is -3.03. The number of hydrogen-bond acceptors (Lipinski definition) is 2. The van der Waals surface area contributed by atoms with E-state index >= 15 is 0 Å². The quantitative estimate of drug-likeness (QED) is 0.385. The number of halogens is 3. The van der Waals surface area contributed by atoms with Crippen LogP contribution in [-0.2, 0) is 11.2 Å². The van der Waals surface area contributed by atoms with Gasteiger partial charge in [-0.25, -0.2) is 13.2 Å². The van der Waals surface area contributed by atoms with Crippen molar-refractivity contribution in [1.82, 2.24) is 10.6 Å². The van der Waals surface area contributed by atoms with Crippen molar-refractivity contribution < 1.29 is 18.0 Å². The maximum Gasteiger partial charge on any atom is 0.243 e. The highest BCUT2D eigenvalue weighted by Crippen LogP contribution is 2.19. The molecule has 0 saturated carbocycles. The van der Waals surface area contributed by atoms with E-state index in [1.165, 1.54) is 5.56 Å². The number of hydrogen-bond donors (Lipinski definition) is 3. The highest BCUT2D eigenvalue weighted by atomic mass is 19.2. The molecule has 5 nitrogen and oxygen atoms in total. The average Bonchev–Trinajstić information content (AvgIpc) is 2.70. The fourth-order valence-corrected chi connectivity index (χ4v) is 2.51. The molecule has 0 fully saturated rings. The largest absolute Gasteiger partial charge is 0.354 e. The van der Waals surface area contributed by atoms with Gasteiger partial charge in [-0.15, -0.1) is 0 Å². The summed E-state index contributed by atoms with van der Waals surface area (Å²) in [6.45, 7) is 1.77. The van der Waals surface area contributed by atoms with Crippen molar-refractivity contribution in [2.24, 2.45) is 4.99 Å². The number of carbonyl (C=O) groups excluding carboxylic acids is 1. The van der Waals surface area contributed by atoms with E-state index in [0.29, 0.717) is 5.96 Å². The monoisotopic (exact) mass is 392 g/mol. The molecule has 2 aromatic carbocycles. The molecule has 28 heavy (non-hydrogen) atoms. The van der Waals surface area contributed by atoms with Crippen LogP contribution in [0.3, 0.4) is 0 Å². The number of carbonyl (C=O) groups is 1. The number of rotatable bonds is 7. The Balaban J connectivity index is 1.79. The molecule has 2 rings (SSSR count). The van der Waals surface area contributed by atoms with Crippen molar-refractivity contribution in [3.63, 3.8) is 0 Å². The molecule has 1 unspecified atom stereocenters. The van der Waals surface area contributed by atoms with E-state index in [9.17, 15) is 18.0 Å². The molecule has 0 spiro atoms. The third-order valence-corrected chi connectivity index (χ3v) is 4.04. The molecule has 2 aromatic rings. The average molecular weight is 392 g/mol. The molecule has 1 atom stereocenters. The third-order valence-electron chi connectivity index (χ3n) is 4.04. The van der Waals surface area contributed by atoms with Gasteiger partial charge < -0.3 is 16.0 Å². The second kappa shape index (κ2) is 10.3. The lowest BCUT2D eigenvalue weighted by Crippen LogP contribution is -2.45. The van der Waals surface area contributed by atoms with E-state index in [4.69, 9.17) is 0 Å². The number of anilines is 1. The molecule has 0 aliphatic rings. The minimum absolute atomic E-state index is 0.0955. The first-order chi connectivity index (χ1) is 13.4. The lowest BCUT2D eigenvalue weighted by molar-refractivity contribution is -0.115. The number of aliphatic imine (C=N–C) groups is 1. The Morgan fingerprint density at radius 3 is 2.46 bits per heavy atom. The van der Waals surface area contributed by atoms with Gasteiger partial charge in [-0.05, 0) is 37.5 Å². The second-order valence-electron chi connectivity index (χ2n) is 6.27. The van der Waals surface area contributed by atoms with Gasteiger partial charge in [-0.1, -0.05) is 30.3 Å². The first-order valence-electron chi connectivity index (χ1n) is 8.85. The van der Waals surface area contributed by atoms with Gasteiger partial charge in [0.2, 0.25) is 5.91 Å². The summed E-state index contributed by atoms with van der Waals surface area (Å²) in [5, 5.41) is 8.15. The van der Waals surface area contributed by atoms with Crippen LogP contribution < -0.4 is 16.0 Å². The van der Waals surface area contributed by atoms with Gasteiger partial charge >= 0.3 is 0 Å². The van der Waals surface area contributed by atoms with Crippen molar-refractivity contribution >= 4 is 17.6 Å². The summed E-state index contributed by atoms with van der Waals surface area (Å²) in [6, 6.07) is 11.9. The Labute approximate surface area is 162 Å². The van der Waals surface area contributed by atoms with Crippen LogP contribution in [0.2, 0.25) is 0 Å². The van der Waals surface area contributed by atoms with Crippen molar-refractivity contribution in [3.05, 3.63) is 65.5 Å². The molecule has 0 heterocycles. The lowest BCUT2D eigenvalue weighted by Gasteiger charge is -2.18. The Kier molecular flexibility index (Phi) is 7.86. The van der Waals surface area contributed by atoms with Gasteiger partial charge in [0, 0.05) is 13.1 Å². The predicted octanol–water partition coefficient (Wildman–Crippen LogP) is 3.23. The van der Waals surface area contributed by atoms with Crippen LogP contribution in [0, 0.1) is 17.5 Å². The molecule has 0 bridgehead atoms. The van der Waals surface area contributed by atoms with Crippen LogP contribution in [0.1, 0.15) is 18.9 Å². The van der Waals surface area contributed by atoms with Crippen molar-refractivity contribution in [2.45, 2.75) is 25.8 Å². The maximum absolute atomic E-state index is 13.6. The summed E-state index contributed by atoms with van der Waals surface area (Å²) < 4.78 is 39.7. The molecular weight excluding hydrogens is 369 g/mol. The Bertz CT molecular complexity index is 828. The Morgan fingerprint density at radius 2 is 1.79 bits per heavy atom. The van der Waals surface area contributed by atoms with Gasteiger partial charge in [-0.3, -0.25) is 9.79 Å². The van der Waals surface area contributed by atoms with Crippen LogP contribution in [0.15, 0.2) is 47.5 Å². The first kappa shape index (κ1) is 21.3. The van der Waals surface area contributed by atoms with Gasteiger partial charge in [-0.2, -0.15) is 0 Å². The minimum Gasteiger partial charge on any atom is -0.354 e. The summed E-state index contributed by atoms with van der Waals surface area (Å²) in [6.07, 6.45) is 1.75. The molecule has 0 aromatic heterocycles. The smallest absolute Gasteiger partial charge is 0.243 e. The number of aryl methyl sites for hydroxylation is 1. The van der Waals surface area contributed by atoms with E-state index in [2.05, 4.69) is 33.1 Å². The molecule has 0 saturated heterocycles. The number of guanidine groups is 1. The lowest BCUT2D eigenvalue weighted by atomic mass is 10.1. The highest BCUT2D eigenvalue weighted by Gasteiger charge is 2.15. The number of amides is 1. The summed E-state index contributed by atoms with van der Waals surface area (Å²) in [4.78, 5) is 16.0. The summed E-state index contributed by atoms with van der Waals surface area (Å²) in [5.41, 5.74) is 0.803. The van der Waals surface area contributed by atoms with Crippen molar-refractivity contribution in [1.29, 1.82) is 0 Å². The molecule has 3 N–H and O–H groups in total. The highest BCUT2D eigenvalue weighted by molar-refractivity contribution is 5.95. The zero-order chi connectivity index (χ0) is 20.5. The zero-order valence-electron chi connectivity index (χ0n) is 15.7. The topological polar surface area (TPSA) is 65.5 Å². The van der Waals surface area contributed by atoms with Crippen LogP contribution in [-0.4, -0.2) is 31.5 Å². The van der Waals surface area contributed by atoms with Gasteiger partial charge in [0.15, 0.2) is 23.4 Å². The maximum atomic E-state index is 13.6. The third kappa shape index (κ3) is 6.29. The zero-order valence-corrected chi connectivity index (χ0v) is 15.7. The van der Waals surface area contributed by atoms with E-state index in [1.807, 2.05) is 25.1 Å². The Morgan fingerprint density at radius 1 is 1.07 bits per heavy atom. The van der Waals surface area contributed by atoms with E-state index < -0.39 is 29.0 Å². The normalized spacial score (nSPS) is 12.4. The molecule has 0 aliphatic carbocycles. The molecule has 150 valence electrons. The van der Waals surface area contributed by atoms with Crippen LogP contribution >= 0.6 is 0 Å². The summed E-state index contributed by atoms with van der Waals surface area (Å²) >= 11 is 0. The fraction of sp³-hybridized carbons (Fsp3) is 0.300. The standard InChI is InChI=1S/C20H23F3N4O/c1-13(8-9-14-6-4-3-5-7-14)26-20(24-2)25-12-17(28)27-16-11-10-15(21)18(22)19(16)23/h3-7,10-11,13H,8-9,12H2,1-2H3,(H,27,28)(H2,24,25,26). The molecule has 0 aliphatic heterocycles. The van der Waals surface area contributed by atoms with Gasteiger partial charge in [0.1, 0.15) is 0 Å². The minimum atomic E-state index is -1.63. The fourth-order valence-electron chi connectivity index (χ4n) is 2.51. The van der Waals surface area contributed by atoms with E-state index in [1.54, 1.807) is 7.05 Å². The van der Waals surface area contributed by atoms with Crippen LogP contribution in [0.5, 0.6) is 0 Å². The first-order valence-corrected chi connectivity index (χ1v) is 8.85. The van der Waals surface area contributed by atoms with Crippen LogP contribution in [0.25, 0.3) is 0 Å². The summed E-state index contributed by atoms with van der Waals surface area (Å²) in [5.74, 6) is -4.60. The number of nitrogens with one attached hydrogen (secondary N) is 3. The molecule has 8 heteroatoms. The second-order valence-corrected chi connectivity index (χ2v) is 6.27. The molecule has 1 amide bonds. The van der Waals surface area contributed by atoms with Crippen LogP contribution in [0.4, 0.5) is 18.9 Å².